The summed E-state index contributed by atoms with van der Waals surface area (Å²) in [5.41, 5.74) is 3.43. The molecule has 1 aromatic carbocycles. The molecule has 0 aliphatic heterocycles. The van der Waals surface area contributed by atoms with Crippen LogP contribution in [-0.2, 0) is 0 Å². The maximum Gasteiger partial charge on any atom is 0.274 e. The third-order valence-corrected chi connectivity index (χ3v) is 3.09. The minimum absolute atomic E-state index is 0.203. The minimum atomic E-state index is -0.203. The first-order valence-electron chi connectivity index (χ1n) is 6.14. The number of anilines is 2. The molecule has 2 aromatic rings. The Morgan fingerprint density at radius 1 is 1.11 bits per heavy atom. The van der Waals surface area contributed by atoms with E-state index in [-0.39, 0.29) is 5.91 Å². The van der Waals surface area contributed by atoms with E-state index in [2.05, 4.69) is 15.6 Å². The number of pyridine rings is 1. The van der Waals surface area contributed by atoms with Crippen LogP contribution in [0.15, 0.2) is 36.4 Å². The summed E-state index contributed by atoms with van der Waals surface area (Å²) in [4.78, 5) is 16.4. The van der Waals surface area contributed by atoms with Crippen LogP contribution >= 0.6 is 0 Å². The van der Waals surface area contributed by atoms with Gasteiger partial charge in [-0.05, 0) is 43.2 Å². The van der Waals surface area contributed by atoms with Gasteiger partial charge in [-0.3, -0.25) is 4.79 Å². The Labute approximate surface area is 112 Å². The summed E-state index contributed by atoms with van der Waals surface area (Å²) in [6.45, 7) is 4.01. The normalized spacial score (nSPS) is 10.1. The zero-order valence-corrected chi connectivity index (χ0v) is 11.3. The predicted octanol–water partition coefficient (Wildman–Crippen LogP) is 2.99. The van der Waals surface area contributed by atoms with Crippen molar-refractivity contribution in [3.63, 3.8) is 0 Å². The van der Waals surface area contributed by atoms with E-state index in [0.29, 0.717) is 11.5 Å². The molecular weight excluding hydrogens is 238 g/mol. The fourth-order valence-electron chi connectivity index (χ4n) is 1.77. The molecule has 0 aliphatic rings. The molecule has 0 atom stereocenters. The fraction of sp³-hybridized carbons (Fsp3) is 0.200. The van der Waals surface area contributed by atoms with Crippen LogP contribution < -0.4 is 10.6 Å². The smallest absolute Gasteiger partial charge is 0.274 e. The van der Waals surface area contributed by atoms with E-state index in [1.807, 2.05) is 38.1 Å². The second-order valence-corrected chi connectivity index (χ2v) is 4.36. The van der Waals surface area contributed by atoms with Crippen LogP contribution in [0.1, 0.15) is 21.6 Å². The molecule has 1 heterocycles. The van der Waals surface area contributed by atoms with Crippen LogP contribution in [0.5, 0.6) is 0 Å². The average Bonchev–Trinajstić information content (AvgIpc) is 2.44. The molecule has 0 unspecified atom stereocenters. The number of hydrogen-bond acceptors (Lipinski definition) is 3. The summed E-state index contributed by atoms with van der Waals surface area (Å²) in [6, 6.07) is 11.1. The van der Waals surface area contributed by atoms with Crippen molar-refractivity contribution in [3.8, 4) is 0 Å². The van der Waals surface area contributed by atoms with Gasteiger partial charge in [-0.15, -0.1) is 0 Å². The molecule has 4 heteroatoms. The highest BCUT2D eigenvalue weighted by molar-refractivity contribution is 6.03. The van der Waals surface area contributed by atoms with E-state index >= 15 is 0 Å². The van der Waals surface area contributed by atoms with Crippen LogP contribution in [0.25, 0.3) is 0 Å². The Bertz CT molecular complexity index is 608. The molecule has 0 saturated carbocycles. The van der Waals surface area contributed by atoms with Gasteiger partial charge in [0, 0.05) is 12.7 Å². The Morgan fingerprint density at radius 3 is 2.58 bits per heavy atom. The van der Waals surface area contributed by atoms with E-state index < -0.39 is 0 Å². The van der Waals surface area contributed by atoms with E-state index in [4.69, 9.17) is 0 Å². The quantitative estimate of drug-likeness (QED) is 0.886. The second kappa shape index (κ2) is 5.52. The van der Waals surface area contributed by atoms with Crippen molar-refractivity contribution in [1.29, 1.82) is 0 Å². The summed E-state index contributed by atoms with van der Waals surface area (Å²) in [5.74, 6) is 0.472. The standard InChI is InChI=1S/C15H17N3O/c1-10-6-4-7-12(11(10)2)18-15(19)13-8-5-9-14(16-3)17-13/h4-9H,1-3H3,(H,16,17)(H,18,19). The average molecular weight is 255 g/mol. The van der Waals surface area contributed by atoms with E-state index in [1.165, 1.54) is 0 Å². The molecule has 1 amide bonds. The van der Waals surface area contributed by atoms with Gasteiger partial charge in [0.15, 0.2) is 0 Å². The van der Waals surface area contributed by atoms with Gasteiger partial charge in [0.2, 0.25) is 0 Å². The summed E-state index contributed by atoms with van der Waals surface area (Å²) >= 11 is 0. The van der Waals surface area contributed by atoms with Crippen LogP contribution in [-0.4, -0.2) is 17.9 Å². The first kappa shape index (κ1) is 13.1. The van der Waals surface area contributed by atoms with Gasteiger partial charge >= 0.3 is 0 Å². The van der Waals surface area contributed by atoms with Crippen molar-refractivity contribution in [1.82, 2.24) is 4.98 Å². The monoisotopic (exact) mass is 255 g/mol. The van der Waals surface area contributed by atoms with Gasteiger partial charge in [-0.1, -0.05) is 18.2 Å². The number of nitrogens with one attached hydrogen (secondary N) is 2. The van der Waals surface area contributed by atoms with Crippen molar-refractivity contribution in [2.75, 3.05) is 17.7 Å². The van der Waals surface area contributed by atoms with Gasteiger partial charge in [-0.2, -0.15) is 0 Å². The van der Waals surface area contributed by atoms with Crippen LogP contribution in [0.4, 0.5) is 11.5 Å². The maximum atomic E-state index is 12.1. The molecule has 0 radical (unpaired) electrons. The third kappa shape index (κ3) is 2.91. The maximum absolute atomic E-state index is 12.1. The highest BCUT2D eigenvalue weighted by atomic mass is 16.1. The summed E-state index contributed by atoms with van der Waals surface area (Å²) in [6.07, 6.45) is 0. The Hall–Kier alpha value is -2.36. The number of aryl methyl sites for hydroxylation is 1. The van der Waals surface area contributed by atoms with E-state index in [0.717, 1.165) is 16.8 Å². The number of rotatable bonds is 3. The lowest BCUT2D eigenvalue weighted by molar-refractivity contribution is 0.102. The first-order valence-corrected chi connectivity index (χ1v) is 6.14. The van der Waals surface area contributed by atoms with Crippen LogP contribution in [0, 0.1) is 13.8 Å². The number of benzene rings is 1. The molecule has 0 fully saturated rings. The summed E-state index contributed by atoms with van der Waals surface area (Å²) in [7, 11) is 1.77. The zero-order valence-electron chi connectivity index (χ0n) is 11.3. The largest absolute Gasteiger partial charge is 0.373 e. The van der Waals surface area contributed by atoms with Crippen molar-refractivity contribution >= 4 is 17.4 Å². The van der Waals surface area contributed by atoms with Crippen molar-refractivity contribution in [2.45, 2.75) is 13.8 Å². The molecule has 4 nitrogen and oxygen atoms in total. The molecule has 2 rings (SSSR count). The minimum Gasteiger partial charge on any atom is -0.373 e. The number of carbonyl (C=O) groups is 1. The van der Waals surface area contributed by atoms with Crippen molar-refractivity contribution < 1.29 is 4.79 Å². The predicted molar refractivity (Wildman–Crippen MR) is 77.7 cm³/mol. The number of nitrogens with zero attached hydrogens (tertiary/aromatic N) is 1. The second-order valence-electron chi connectivity index (χ2n) is 4.36. The molecule has 19 heavy (non-hydrogen) atoms. The molecule has 98 valence electrons. The Morgan fingerprint density at radius 2 is 1.84 bits per heavy atom. The summed E-state index contributed by atoms with van der Waals surface area (Å²) in [5, 5.41) is 5.80. The number of aromatic nitrogens is 1. The van der Waals surface area contributed by atoms with Crippen molar-refractivity contribution in [2.24, 2.45) is 0 Å². The molecule has 0 spiro atoms. The Balaban J connectivity index is 2.23. The summed E-state index contributed by atoms with van der Waals surface area (Å²) < 4.78 is 0. The van der Waals surface area contributed by atoms with Gasteiger partial charge in [0.05, 0.1) is 0 Å². The number of hydrogen-bond donors (Lipinski definition) is 2. The third-order valence-electron chi connectivity index (χ3n) is 3.09. The van der Waals surface area contributed by atoms with Gasteiger partial charge in [0.1, 0.15) is 11.5 Å². The SMILES string of the molecule is CNc1cccc(C(=O)Nc2cccc(C)c2C)n1. The van der Waals surface area contributed by atoms with Gasteiger partial charge in [0.25, 0.3) is 5.91 Å². The van der Waals surface area contributed by atoms with E-state index in [9.17, 15) is 4.79 Å². The molecule has 0 bridgehead atoms. The molecular formula is C15H17N3O. The highest BCUT2D eigenvalue weighted by Crippen LogP contribution is 2.18. The lowest BCUT2D eigenvalue weighted by atomic mass is 10.1. The first-order chi connectivity index (χ1) is 9.11. The molecule has 1 aromatic heterocycles. The van der Waals surface area contributed by atoms with E-state index in [1.54, 1.807) is 19.2 Å². The van der Waals surface area contributed by atoms with Gasteiger partial charge < -0.3 is 10.6 Å². The highest BCUT2D eigenvalue weighted by Gasteiger charge is 2.10. The van der Waals surface area contributed by atoms with Gasteiger partial charge in [-0.25, -0.2) is 4.98 Å². The molecule has 2 N–H and O–H groups in total. The number of carbonyl (C=O) groups excluding carboxylic acids is 1. The number of amides is 1. The molecule has 0 saturated heterocycles. The lowest BCUT2D eigenvalue weighted by Crippen LogP contribution is -2.15. The van der Waals surface area contributed by atoms with Crippen molar-refractivity contribution in [3.05, 3.63) is 53.2 Å². The van der Waals surface area contributed by atoms with Crippen LogP contribution in [0.2, 0.25) is 0 Å². The fourth-order valence-corrected chi connectivity index (χ4v) is 1.77. The Kier molecular flexibility index (Phi) is 3.80. The topological polar surface area (TPSA) is 54.0 Å². The lowest BCUT2D eigenvalue weighted by Gasteiger charge is -2.10. The molecule has 0 aliphatic carbocycles. The van der Waals surface area contributed by atoms with Crippen LogP contribution in [0.3, 0.4) is 0 Å². The zero-order chi connectivity index (χ0) is 13.8.